The maximum atomic E-state index is 10.3. The average molecular weight is 269 g/mol. The fourth-order valence-corrected chi connectivity index (χ4v) is 1.74. The molecule has 5 heteroatoms. The molecule has 0 atom stereocenters. The lowest BCUT2D eigenvalue weighted by Gasteiger charge is -1.80. The lowest BCUT2D eigenvalue weighted by Crippen LogP contribution is -1.89. The van der Waals surface area contributed by atoms with Crippen LogP contribution >= 0.6 is 33.9 Å². The van der Waals surface area contributed by atoms with Crippen molar-refractivity contribution in [2.24, 2.45) is 0 Å². The molecule has 10 heavy (non-hydrogen) atoms. The van der Waals surface area contributed by atoms with Gasteiger partial charge < -0.3 is 5.11 Å². The van der Waals surface area contributed by atoms with Gasteiger partial charge >= 0.3 is 5.97 Å². The molecule has 54 valence electrons. The maximum Gasteiger partial charge on any atom is 0.347 e. The first-order valence-corrected chi connectivity index (χ1v) is 4.82. The molecule has 0 aliphatic rings. The van der Waals surface area contributed by atoms with Crippen LogP contribution < -0.4 is 0 Å². The van der Waals surface area contributed by atoms with E-state index in [1.165, 1.54) is 17.5 Å². The summed E-state index contributed by atoms with van der Waals surface area (Å²) in [6, 6.07) is 0. The van der Waals surface area contributed by atoms with Crippen molar-refractivity contribution in [1.29, 1.82) is 0 Å². The zero-order valence-corrected chi connectivity index (χ0v) is 7.85. The first-order chi connectivity index (χ1) is 4.74. The number of nitrogens with zero attached hydrogens (tertiary/aromatic N) is 1. The van der Waals surface area contributed by atoms with E-state index in [0.717, 1.165) is 9.44 Å². The van der Waals surface area contributed by atoms with Crippen LogP contribution in [-0.2, 0) is 4.43 Å². The number of hydrogen-bond acceptors (Lipinski definition) is 3. The molecule has 0 saturated carbocycles. The lowest BCUT2D eigenvalue weighted by atomic mass is 10.6. The molecule has 0 radical (unpaired) electrons. The summed E-state index contributed by atoms with van der Waals surface area (Å²) in [5.74, 6) is -0.895. The number of thiazole rings is 1. The van der Waals surface area contributed by atoms with Crippen LogP contribution in [0.1, 0.15) is 14.7 Å². The van der Waals surface area contributed by atoms with Gasteiger partial charge in [0.25, 0.3) is 0 Å². The van der Waals surface area contributed by atoms with Crippen LogP contribution in [-0.4, -0.2) is 16.1 Å². The molecule has 0 unspecified atom stereocenters. The van der Waals surface area contributed by atoms with E-state index >= 15 is 0 Å². The van der Waals surface area contributed by atoms with Gasteiger partial charge in [-0.2, -0.15) is 0 Å². The van der Waals surface area contributed by atoms with E-state index in [9.17, 15) is 4.79 Å². The summed E-state index contributed by atoms with van der Waals surface area (Å²) in [4.78, 5) is 14.5. The van der Waals surface area contributed by atoms with Crippen molar-refractivity contribution in [3.63, 3.8) is 0 Å². The smallest absolute Gasteiger partial charge is 0.347 e. The van der Waals surface area contributed by atoms with Crippen LogP contribution in [0.3, 0.4) is 0 Å². The van der Waals surface area contributed by atoms with Crippen molar-refractivity contribution >= 4 is 39.9 Å². The zero-order valence-electron chi connectivity index (χ0n) is 4.87. The summed E-state index contributed by atoms with van der Waals surface area (Å²) in [6.07, 6.45) is 1.39. The van der Waals surface area contributed by atoms with Gasteiger partial charge in [-0.1, -0.05) is 22.6 Å². The SMILES string of the molecule is O=C(O)c1cnc(CI)s1. The van der Waals surface area contributed by atoms with E-state index in [0.29, 0.717) is 4.88 Å². The Morgan fingerprint density at radius 1 is 1.90 bits per heavy atom. The number of hydrogen-bond donors (Lipinski definition) is 1. The molecule has 1 aromatic heterocycles. The molecule has 0 bridgehead atoms. The van der Waals surface area contributed by atoms with Gasteiger partial charge in [-0.3, -0.25) is 0 Å². The number of rotatable bonds is 2. The summed E-state index contributed by atoms with van der Waals surface area (Å²) >= 11 is 3.37. The topological polar surface area (TPSA) is 50.2 Å². The van der Waals surface area contributed by atoms with Crippen molar-refractivity contribution in [2.75, 3.05) is 0 Å². The molecule has 0 amide bonds. The average Bonchev–Trinajstić information content (AvgIpc) is 2.34. The molecule has 0 saturated heterocycles. The molecule has 1 heterocycles. The number of carbonyl (C=O) groups is 1. The molecule has 1 N–H and O–H groups in total. The zero-order chi connectivity index (χ0) is 7.56. The highest BCUT2D eigenvalue weighted by Gasteiger charge is 2.06. The highest BCUT2D eigenvalue weighted by atomic mass is 127. The Morgan fingerprint density at radius 2 is 2.60 bits per heavy atom. The van der Waals surface area contributed by atoms with Crippen LogP contribution in [0.4, 0.5) is 0 Å². The quantitative estimate of drug-likeness (QED) is 0.657. The summed E-state index contributed by atoms with van der Waals surface area (Å²) in [5.41, 5.74) is 0. The number of alkyl halides is 1. The van der Waals surface area contributed by atoms with Crippen molar-refractivity contribution in [3.05, 3.63) is 16.1 Å². The third kappa shape index (κ3) is 1.66. The number of aromatic carboxylic acids is 1. The van der Waals surface area contributed by atoms with Crippen LogP contribution in [0.25, 0.3) is 0 Å². The van der Waals surface area contributed by atoms with Gasteiger partial charge in [0.1, 0.15) is 9.88 Å². The van der Waals surface area contributed by atoms with Gasteiger partial charge in [0, 0.05) is 0 Å². The Morgan fingerprint density at radius 3 is 2.90 bits per heavy atom. The molecular formula is C5H4INO2S. The van der Waals surface area contributed by atoms with E-state index < -0.39 is 5.97 Å². The normalized spacial score (nSPS) is 9.70. The first-order valence-electron chi connectivity index (χ1n) is 2.48. The van der Waals surface area contributed by atoms with Crippen molar-refractivity contribution in [2.45, 2.75) is 4.43 Å². The number of carboxylic acid groups (broad SMARTS) is 1. The predicted molar refractivity (Wildman–Crippen MR) is 46.8 cm³/mol. The molecule has 1 rings (SSSR count). The van der Waals surface area contributed by atoms with Crippen molar-refractivity contribution < 1.29 is 9.90 Å². The van der Waals surface area contributed by atoms with E-state index in [4.69, 9.17) is 5.11 Å². The molecule has 0 aromatic carbocycles. The number of carboxylic acids is 1. The highest BCUT2D eigenvalue weighted by Crippen LogP contribution is 2.15. The van der Waals surface area contributed by atoms with E-state index in [-0.39, 0.29) is 0 Å². The van der Waals surface area contributed by atoms with Gasteiger partial charge in [0.2, 0.25) is 0 Å². The van der Waals surface area contributed by atoms with E-state index in [2.05, 4.69) is 27.6 Å². The summed E-state index contributed by atoms with van der Waals surface area (Å²) in [6.45, 7) is 0. The van der Waals surface area contributed by atoms with Gasteiger partial charge in [-0.25, -0.2) is 9.78 Å². The second kappa shape index (κ2) is 3.29. The Labute approximate surface area is 75.2 Å². The molecule has 0 spiro atoms. The fourth-order valence-electron chi connectivity index (χ4n) is 0.471. The Balaban J connectivity index is 2.88. The monoisotopic (exact) mass is 269 g/mol. The predicted octanol–water partition coefficient (Wildman–Crippen LogP) is 1.78. The highest BCUT2D eigenvalue weighted by molar-refractivity contribution is 14.1. The third-order valence-corrected chi connectivity index (χ3v) is 3.10. The maximum absolute atomic E-state index is 10.3. The van der Waals surface area contributed by atoms with Crippen molar-refractivity contribution in [1.82, 2.24) is 4.98 Å². The summed E-state index contributed by atoms with van der Waals surface area (Å²) in [5, 5.41) is 9.32. The van der Waals surface area contributed by atoms with Crippen LogP contribution in [0.2, 0.25) is 0 Å². The van der Waals surface area contributed by atoms with Gasteiger partial charge in [-0.05, 0) is 0 Å². The molecular weight excluding hydrogens is 265 g/mol. The molecule has 1 aromatic rings. The molecule has 0 aliphatic heterocycles. The Kier molecular flexibility index (Phi) is 2.61. The van der Waals surface area contributed by atoms with Crippen molar-refractivity contribution in [3.8, 4) is 0 Å². The standard InChI is InChI=1S/C5H4INO2S/c6-1-4-7-2-3(10-4)5(8)9/h2H,1H2,(H,8,9). The minimum absolute atomic E-state index is 0.312. The van der Waals surface area contributed by atoms with Crippen LogP contribution in [0.15, 0.2) is 6.20 Å². The number of halogens is 1. The lowest BCUT2D eigenvalue weighted by molar-refractivity contribution is 0.0702. The summed E-state index contributed by atoms with van der Waals surface area (Å²) in [7, 11) is 0. The largest absolute Gasteiger partial charge is 0.477 e. The minimum atomic E-state index is -0.895. The fraction of sp³-hybridized carbons (Fsp3) is 0.200. The van der Waals surface area contributed by atoms with Gasteiger partial charge in [0.05, 0.1) is 10.6 Å². The van der Waals surface area contributed by atoms with E-state index in [1.807, 2.05) is 0 Å². The first kappa shape index (κ1) is 7.93. The Bertz CT molecular complexity index is 248. The van der Waals surface area contributed by atoms with Crippen LogP contribution in [0.5, 0.6) is 0 Å². The van der Waals surface area contributed by atoms with Crippen LogP contribution in [0, 0.1) is 0 Å². The molecule has 0 fully saturated rings. The second-order valence-corrected chi connectivity index (χ2v) is 3.44. The van der Waals surface area contributed by atoms with E-state index in [1.54, 1.807) is 0 Å². The van der Waals surface area contributed by atoms with Gasteiger partial charge in [-0.15, -0.1) is 11.3 Å². The third-order valence-electron chi connectivity index (χ3n) is 0.879. The molecule has 3 nitrogen and oxygen atoms in total. The Hall–Kier alpha value is -0.170. The molecule has 0 aliphatic carbocycles. The van der Waals surface area contributed by atoms with Gasteiger partial charge in [0.15, 0.2) is 0 Å². The number of aromatic nitrogens is 1. The minimum Gasteiger partial charge on any atom is -0.477 e. The summed E-state index contributed by atoms with van der Waals surface area (Å²) < 4.78 is 0.774. The second-order valence-electron chi connectivity index (χ2n) is 1.56.